The molecule has 2 rings (SSSR count). The lowest BCUT2D eigenvalue weighted by atomic mass is 10.1. The van der Waals surface area contributed by atoms with Crippen molar-refractivity contribution in [2.75, 3.05) is 6.61 Å². The minimum atomic E-state index is -0.552. The largest absolute Gasteiger partial charge is 0.485 e. The van der Waals surface area contributed by atoms with E-state index in [4.69, 9.17) is 4.74 Å². The fourth-order valence-corrected chi connectivity index (χ4v) is 3.12. The Morgan fingerprint density at radius 2 is 2.00 bits per heavy atom. The molecule has 0 aliphatic carbocycles. The SMILES string of the molecule is C/C=C\C(C(=O)COc1ccc(CC2SC(=O)NC2=O)cc1)=C(/C)F. The third-order valence-corrected chi connectivity index (χ3v) is 4.47. The molecule has 7 heteroatoms. The maximum atomic E-state index is 13.3. The first-order valence-corrected chi connectivity index (χ1v) is 8.54. The Hall–Kier alpha value is -2.41. The van der Waals surface area contributed by atoms with Gasteiger partial charge in [-0.05, 0) is 38.0 Å². The van der Waals surface area contributed by atoms with Gasteiger partial charge in [0.1, 0.15) is 11.6 Å². The lowest BCUT2D eigenvalue weighted by molar-refractivity contribution is -0.119. The molecule has 1 aromatic carbocycles. The highest BCUT2D eigenvalue weighted by Crippen LogP contribution is 2.24. The van der Waals surface area contributed by atoms with Crippen LogP contribution < -0.4 is 10.1 Å². The van der Waals surface area contributed by atoms with Gasteiger partial charge in [-0.3, -0.25) is 19.7 Å². The molecule has 25 heavy (non-hydrogen) atoms. The second-order valence-corrected chi connectivity index (χ2v) is 6.57. The molecule has 1 atom stereocenters. The van der Waals surface area contributed by atoms with E-state index in [2.05, 4.69) is 5.32 Å². The first-order chi connectivity index (χ1) is 11.9. The Morgan fingerprint density at radius 3 is 2.52 bits per heavy atom. The summed E-state index contributed by atoms with van der Waals surface area (Å²) in [7, 11) is 0. The van der Waals surface area contributed by atoms with Crippen molar-refractivity contribution in [2.45, 2.75) is 25.5 Å². The van der Waals surface area contributed by atoms with Gasteiger partial charge in [0.05, 0.1) is 10.8 Å². The molecule has 0 saturated carbocycles. The number of imide groups is 1. The number of thioether (sulfide) groups is 1. The van der Waals surface area contributed by atoms with Crippen LogP contribution in [0.1, 0.15) is 19.4 Å². The molecule has 1 heterocycles. The van der Waals surface area contributed by atoms with E-state index in [1.165, 1.54) is 13.0 Å². The number of hydrogen-bond donors (Lipinski definition) is 1. The highest BCUT2D eigenvalue weighted by Gasteiger charge is 2.31. The minimum absolute atomic E-state index is 0.00643. The van der Waals surface area contributed by atoms with Crippen LogP contribution in [-0.4, -0.2) is 28.8 Å². The van der Waals surface area contributed by atoms with Crippen molar-refractivity contribution in [3.63, 3.8) is 0 Å². The molecule has 1 aromatic rings. The number of allylic oxidation sites excluding steroid dienone is 3. The van der Waals surface area contributed by atoms with Crippen LogP contribution in [0.25, 0.3) is 0 Å². The second kappa shape index (κ2) is 8.62. The van der Waals surface area contributed by atoms with Gasteiger partial charge >= 0.3 is 0 Å². The maximum absolute atomic E-state index is 13.3. The first kappa shape index (κ1) is 18.9. The Bertz CT molecular complexity index is 736. The lowest BCUT2D eigenvalue weighted by Gasteiger charge is -2.09. The summed E-state index contributed by atoms with van der Waals surface area (Å²) in [5.41, 5.74) is 0.864. The van der Waals surface area contributed by atoms with Crippen molar-refractivity contribution in [1.82, 2.24) is 5.32 Å². The molecule has 132 valence electrons. The third kappa shape index (κ3) is 5.29. The number of ketones is 1. The predicted octanol–water partition coefficient (Wildman–Crippen LogP) is 3.35. The van der Waals surface area contributed by atoms with Crippen molar-refractivity contribution in [3.05, 3.63) is 53.4 Å². The van der Waals surface area contributed by atoms with Crippen LogP contribution in [0.15, 0.2) is 47.8 Å². The van der Waals surface area contributed by atoms with Gasteiger partial charge in [0.2, 0.25) is 11.7 Å². The Morgan fingerprint density at radius 1 is 1.32 bits per heavy atom. The summed E-state index contributed by atoms with van der Waals surface area (Å²) < 4.78 is 18.7. The molecular weight excluding hydrogens is 345 g/mol. The zero-order valence-corrected chi connectivity index (χ0v) is 14.7. The third-order valence-electron chi connectivity index (χ3n) is 3.49. The number of benzene rings is 1. The average molecular weight is 363 g/mol. The highest BCUT2D eigenvalue weighted by atomic mass is 32.2. The van der Waals surface area contributed by atoms with Gasteiger partial charge in [-0.25, -0.2) is 4.39 Å². The van der Waals surface area contributed by atoms with E-state index in [0.717, 1.165) is 17.3 Å². The zero-order chi connectivity index (χ0) is 18.4. The van der Waals surface area contributed by atoms with Gasteiger partial charge in [0, 0.05) is 0 Å². The highest BCUT2D eigenvalue weighted by molar-refractivity contribution is 8.15. The second-order valence-electron chi connectivity index (χ2n) is 5.39. The smallest absolute Gasteiger partial charge is 0.286 e. The molecule has 5 nitrogen and oxygen atoms in total. The average Bonchev–Trinajstić information content (AvgIpc) is 2.88. The summed E-state index contributed by atoms with van der Waals surface area (Å²) in [5, 5.41) is 1.48. The van der Waals surface area contributed by atoms with E-state index in [1.54, 1.807) is 37.3 Å². The van der Waals surface area contributed by atoms with Gasteiger partial charge in [0.15, 0.2) is 6.61 Å². The van der Waals surface area contributed by atoms with E-state index in [9.17, 15) is 18.8 Å². The zero-order valence-electron chi connectivity index (χ0n) is 13.9. The Kier molecular flexibility index (Phi) is 6.52. The molecule has 1 aliphatic rings. The topological polar surface area (TPSA) is 72.5 Å². The van der Waals surface area contributed by atoms with E-state index in [1.807, 2.05) is 0 Å². The number of rotatable bonds is 7. The van der Waals surface area contributed by atoms with Crippen molar-refractivity contribution in [2.24, 2.45) is 0 Å². The monoisotopic (exact) mass is 363 g/mol. The molecule has 0 radical (unpaired) electrons. The van der Waals surface area contributed by atoms with E-state index >= 15 is 0 Å². The number of Topliss-reactive ketones (excluding diaryl/α,β-unsaturated/α-hetero) is 1. The maximum Gasteiger partial charge on any atom is 0.286 e. The van der Waals surface area contributed by atoms with E-state index in [0.29, 0.717) is 12.2 Å². The van der Waals surface area contributed by atoms with Gasteiger partial charge in [-0.2, -0.15) is 0 Å². The van der Waals surface area contributed by atoms with Crippen LogP contribution in [0.4, 0.5) is 9.18 Å². The molecule has 1 N–H and O–H groups in total. The fraction of sp³-hybridized carbons (Fsp3) is 0.278. The van der Waals surface area contributed by atoms with Crippen LogP contribution in [0.2, 0.25) is 0 Å². The molecule has 1 unspecified atom stereocenters. The van der Waals surface area contributed by atoms with Crippen molar-refractivity contribution >= 4 is 28.7 Å². The van der Waals surface area contributed by atoms with Gasteiger partial charge < -0.3 is 4.74 Å². The number of hydrogen-bond acceptors (Lipinski definition) is 5. The van der Waals surface area contributed by atoms with Crippen LogP contribution in [0, 0.1) is 0 Å². The molecule has 0 bridgehead atoms. The van der Waals surface area contributed by atoms with Gasteiger partial charge in [0.25, 0.3) is 5.24 Å². The lowest BCUT2D eigenvalue weighted by Crippen LogP contribution is -2.25. The van der Waals surface area contributed by atoms with Crippen molar-refractivity contribution in [1.29, 1.82) is 0 Å². The first-order valence-electron chi connectivity index (χ1n) is 7.66. The molecule has 1 saturated heterocycles. The molecule has 2 amide bonds. The quantitative estimate of drug-likeness (QED) is 0.594. The van der Waals surface area contributed by atoms with Crippen LogP contribution >= 0.6 is 11.8 Å². The molecule has 0 spiro atoms. The summed E-state index contributed by atoms with van der Waals surface area (Å²) in [6, 6.07) is 6.87. The van der Waals surface area contributed by atoms with Crippen LogP contribution in [0.5, 0.6) is 5.75 Å². The molecule has 0 aromatic heterocycles. The fourth-order valence-electron chi connectivity index (χ4n) is 2.26. The van der Waals surface area contributed by atoms with Crippen molar-refractivity contribution in [3.8, 4) is 5.75 Å². The van der Waals surface area contributed by atoms with E-state index < -0.39 is 16.9 Å². The number of carbonyl (C=O) groups excluding carboxylic acids is 3. The van der Waals surface area contributed by atoms with Gasteiger partial charge in [-0.15, -0.1) is 0 Å². The number of halogens is 1. The number of amides is 2. The van der Waals surface area contributed by atoms with E-state index in [-0.39, 0.29) is 23.3 Å². The minimum Gasteiger partial charge on any atom is -0.485 e. The number of ether oxygens (including phenoxy) is 1. The normalized spacial score (nSPS) is 18.3. The number of nitrogens with one attached hydrogen (secondary N) is 1. The molecule has 1 fully saturated rings. The molecular formula is C18H18FNO4S. The Labute approximate surface area is 149 Å². The summed E-state index contributed by atoms with van der Waals surface area (Å²) in [6.45, 7) is 2.66. The van der Waals surface area contributed by atoms with Crippen LogP contribution in [0.3, 0.4) is 0 Å². The standard InChI is InChI=1S/C18H18FNO4S/c1-3-4-14(11(2)19)15(21)10-24-13-7-5-12(6-8-13)9-16-17(22)20-18(23)25-16/h3-8,16H,9-10H2,1-2H3,(H,20,22,23)/b4-3-,14-11-. The van der Waals surface area contributed by atoms with Crippen LogP contribution in [-0.2, 0) is 16.0 Å². The van der Waals surface area contributed by atoms with Crippen molar-refractivity contribution < 1.29 is 23.5 Å². The Balaban J connectivity index is 1.92. The summed E-state index contributed by atoms with van der Waals surface area (Å²) in [6.07, 6.45) is 3.43. The summed E-state index contributed by atoms with van der Waals surface area (Å²) in [4.78, 5) is 34.7. The summed E-state index contributed by atoms with van der Waals surface area (Å²) in [5.74, 6) is -0.817. The van der Waals surface area contributed by atoms with Gasteiger partial charge in [-0.1, -0.05) is 36.0 Å². The molecule has 1 aliphatic heterocycles. The number of carbonyl (C=O) groups is 3. The summed E-state index contributed by atoms with van der Waals surface area (Å²) >= 11 is 0.975. The predicted molar refractivity (Wildman–Crippen MR) is 94.2 cm³/mol.